The zero-order chi connectivity index (χ0) is 30.1. The first-order valence-electron chi connectivity index (χ1n) is 14.5. The lowest BCUT2D eigenvalue weighted by Gasteiger charge is -2.31. The molecule has 2 aromatic heterocycles. The average molecular weight is 582 g/mol. The molecule has 0 unspecified atom stereocenters. The van der Waals surface area contributed by atoms with Crippen molar-refractivity contribution in [1.29, 1.82) is 0 Å². The lowest BCUT2D eigenvalue weighted by Crippen LogP contribution is -2.50. The molecule has 0 radical (unpaired) electrons. The second-order valence-corrected chi connectivity index (χ2v) is 10.3. The summed E-state index contributed by atoms with van der Waals surface area (Å²) in [5.74, 6) is 0. The van der Waals surface area contributed by atoms with Crippen LogP contribution in [0.15, 0.2) is 110 Å². The highest BCUT2D eigenvalue weighted by molar-refractivity contribution is 5.68. The fraction of sp³-hybridized carbons (Fsp3) is 0.294. The van der Waals surface area contributed by atoms with E-state index in [1.54, 1.807) is 24.8 Å². The highest BCUT2D eigenvalue weighted by Gasteiger charge is 2.22. The Bertz CT molecular complexity index is 1260. The number of alkyl carbamates (subject to hydrolysis) is 2. The first-order chi connectivity index (χ1) is 21.1. The van der Waals surface area contributed by atoms with Crippen LogP contribution in [-0.4, -0.2) is 58.8 Å². The van der Waals surface area contributed by atoms with Gasteiger partial charge in [-0.2, -0.15) is 0 Å². The molecule has 4 rings (SSSR count). The molecule has 0 saturated carbocycles. The maximum absolute atomic E-state index is 12.8. The number of carbonyl (C=O) groups is 2. The van der Waals surface area contributed by atoms with E-state index in [1.807, 2.05) is 84.9 Å². The van der Waals surface area contributed by atoms with Crippen LogP contribution in [0.3, 0.4) is 0 Å². The van der Waals surface area contributed by atoms with Gasteiger partial charge in [0.25, 0.3) is 0 Å². The third kappa shape index (κ3) is 11.6. The first kappa shape index (κ1) is 31.2. The molecular weight excluding hydrogens is 542 g/mol. The van der Waals surface area contributed by atoms with Crippen LogP contribution in [0.4, 0.5) is 9.59 Å². The lowest BCUT2D eigenvalue weighted by molar-refractivity contribution is 0.126. The van der Waals surface area contributed by atoms with Gasteiger partial charge in [-0.05, 0) is 42.6 Å². The number of nitrogens with one attached hydrogen (secondary N) is 2. The third-order valence-electron chi connectivity index (χ3n) is 6.88. The summed E-state index contributed by atoms with van der Waals surface area (Å²) in [6, 6.07) is 27.0. The lowest BCUT2D eigenvalue weighted by atomic mass is 10.0. The number of ether oxygens (including phenoxy) is 2. The topological polar surface area (TPSA) is 106 Å². The van der Waals surface area contributed by atoms with Crippen molar-refractivity contribution in [3.8, 4) is 0 Å². The van der Waals surface area contributed by atoms with Crippen LogP contribution in [0.25, 0.3) is 0 Å². The number of aromatic nitrogens is 2. The molecule has 9 nitrogen and oxygen atoms in total. The number of carbonyl (C=O) groups excluding carboxylic acids is 2. The SMILES string of the molecule is CCN(C[C@@H](Cc1ccccc1)NC(=O)OCc1cccnc1)C[C@@H](Cc1ccccc1)NC(=O)OCc1cccnc1. The Morgan fingerprint density at radius 3 is 1.44 bits per heavy atom. The largest absolute Gasteiger partial charge is 0.445 e. The van der Waals surface area contributed by atoms with Gasteiger partial charge in [0.2, 0.25) is 0 Å². The molecule has 0 aliphatic carbocycles. The summed E-state index contributed by atoms with van der Waals surface area (Å²) < 4.78 is 11.0. The van der Waals surface area contributed by atoms with Crippen LogP contribution in [0.1, 0.15) is 29.2 Å². The van der Waals surface area contributed by atoms with E-state index in [9.17, 15) is 9.59 Å². The van der Waals surface area contributed by atoms with Crippen LogP contribution in [0.2, 0.25) is 0 Å². The van der Waals surface area contributed by atoms with Gasteiger partial charge >= 0.3 is 12.2 Å². The third-order valence-corrected chi connectivity index (χ3v) is 6.88. The molecule has 2 amide bonds. The summed E-state index contributed by atoms with van der Waals surface area (Å²) in [5.41, 5.74) is 3.85. The summed E-state index contributed by atoms with van der Waals surface area (Å²) in [5, 5.41) is 6.12. The van der Waals surface area contributed by atoms with E-state index in [4.69, 9.17) is 9.47 Å². The molecule has 0 aliphatic heterocycles. The molecular formula is C34H39N5O4. The Morgan fingerprint density at radius 2 is 1.07 bits per heavy atom. The Balaban J connectivity index is 1.41. The predicted molar refractivity (Wildman–Crippen MR) is 165 cm³/mol. The number of hydrogen-bond donors (Lipinski definition) is 2. The number of nitrogens with zero attached hydrogens (tertiary/aromatic N) is 3. The molecule has 0 fully saturated rings. The van der Waals surface area contributed by atoms with E-state index in [0.29, 0.717) is 25.9 Å². The van der Waals surface area contributed by atoms with Gasteiger partial charge < -0.3 is 20.1 Å². The molecule has 224 valence electrons. The van der Waals surface area contributed by atoms with Gasteiger partial charge in [0, 0.05) is 61.1 Å². The van der Waals surface area contributed by atoms with Crippen LogP contribution in [-0.2, 0) is 35.5 Å². The van der Waals surface area contributed by atoms with E-state index >= 15 is 0 Å². The molecule has 2 atom stereocenters. The number of likely N-dealkylation sites (N-methyl/N-ethyl adjacent to an activating group) is 1. The number of benzene rings is 2. The minimum absolute atomic E-state index is 0.138. The quantitative estimate of drug-likeness (QED) is 0.199. The predicted octanol–water partition coefficient (Wildman–Crippen LogP) is 5.17. The van der Waals surface area contributed by atoms with E-state index in [0.717, 1.165) is 28.8 Å². The van der Waals surface area contributed by atoms with Crippen molar-refractivity contribution in [2.75, 3.05) is 19.6 Å². The summed E-state index contributed by atoms with van der Waals surface area (Å²) in [7, 11) is 0. The Kier molecular flexibility index (Phi) is 12.5. The smallest absolute Gasteiger partial charge is 0.407 e. The van der Waals surface area contributed by atoms with Gasteiger partial charge in [0.05, 0.1) is 0 Å². The molecule has 0 saturated heterocycles. The molecule has 43 heavy (non-hydrogen) atoms. The van der Waals surface area contributed by atoms with E-state index in [2.05, 4.69) is 32.4 Å². The Morgan fingerprint density at radius 1 is 0.651 bits per heavy atom. The second kappa shape index (κ2) is 17.3. The molecule has 9 heteroatoms. The van der Waals surface area contributed by atoms with Crippen LogP contribution >= 0.6 is 0 Å². The van der Waals surface area contributed by atoms with Crippen molar-refractivity contribution in [2.45, 2.75) is 45.1 Å². The molecule has 0 aliphatic rings. The van der Waals surface area contributed by atoms with Gasteiger partial charge in [0.1, 0.15) is 13.2 Å². The molecule has 2 N–H and O–H groups in total. The number of pyridine rings is 2. The normalized spacial score (nSPS) is 12.2. The fourth-order valence-electron chi connectivity index (χ4n) is 4.76. The standard InChI is InChI=1S/C34H39N5O4/c1-2-39(23-31(19-27-11-5-3-6-12-27)37-33(40)42-25-29-15-9-17-35-21-29)24-32(20-28-13-7-4-8-14-28)38-34(41)43-26-30-16-10-18-36-22-30/h3-18,21-22,31-32H,2,19-20,23-26H2,1H3,(H,37,40)(H,38,41)/t31-,32-/m1/s1. The van der Waals surface area contributed by atoms with Gasteiger partial charge in [-0.25, -0.2) is 9.59 Å². The number of hydrogen-bond acceptors (Lipinski definition) is 7. The van der Waals surface area contributed by atoms with E-state index < -0.39 is 12.2 Å². The second-order valence-electron chi connectivity index (χ2n) is 10.3. The van der Waals surface area contributed by atoms with Gasteiger partial charge in [-0.3, -0.25) is 14.9 Å². The summed E-state index contributed by atoms with van der Waals surface area (Å²) in [6.45, 7) is 4.19. The zero-order valence-corrected chi connectivity index (χ0v) is 24.5. The van der Waals surface area contributed by atoms with Crippen LogP contribution < -0.4 is 10.6 Å². The van der Waals surface area contributed by atoms with Crippen molar-refractivity contribution in [1.82, 2.24) is 25.5 Å². The highest BCUT2D eigenvalue weighted by atomic mass is 16.6. The summed E-state index contributed by atoms with van der Waals surface area (Å²) in [4.78, 5) is 36.0. The molecule has 2 aromatic carbocycles. The minimum atomic E-state index is -0.487. The Hall–Kier alpha value is -4.76. The first-order valence-corrected chi connectivity index (χ1v) is 14.5. The van der Waals surface area contributed by atoms with Crippen molar-refractivity contribution in [3.05, 3.63) is 132 Å². The van der Waals surface area contributed by atoms with E-state index in [1.165, 1.54) is 0 Å². The van der Waals surface area contributed by atoms with Gasteiger partial charge in [-0.1, -0.05) is 79.7 Å². The Labute approximate surface area is 253 Å². The van der Waals surface area contributed by atoms with Crippen molar-refractivity contribution in [2.24, 2.45) is 0 Å². The summed E-state index contributed by atoms with van der Waals surface area (Å²) in [6.07, 6.45) is 6.99. The van der Waals surface area contributed by atoms with Crippen LogP contribution in [0.5, 0.6) is 0 Å². The van der Waals surface area contributed by atoms with Gasteiger partial charge in [-0.15, -0.1) is 0 Å². The maximum atomic E-state index is 12.8. The molecule has 0 bridgehead atoms. The highest BCUT2D eigenvalue weighted by Crippen LogP contribution is 2.10. The van der Waals surface area contributed by atoms with Crippen molar-refractivity contribution < 1.29 is 19.1 Å². The number of amides is 2. The minimum Gasteiger partial charge on any atom is -0.445 e. The monoisotopic (exact) mass is 581 g/mol. The van der Waals surface area contributed by atoms with Crippen LogP contribution in [0, 0.1) is 0 Å². The molecule has 2 heterocycles. The number of rotatable bonds is 15. The fourth-order valence-corrected chi connectivity index (χ4v) is 4.76. The maximum Gasteiger partial charge on any atom is 0.407 e. The van der Waals surface area contributed by atoms with Crippen molar-refractivity contribution in [3.63, 3.8) is 0 Å². The average Bonchev–Trinajstić information content (AvgIpc) is 3.04. The van der Waals surface area contributed by atoms with E-state index in [-0.39, 0.29) is 25.3 Å². The molecule has 0 spiro atoms. The molecule has 4 aromatic rings. The zero-order valence-electron chi connectivity index (χ0n) is 24.5. The summed E-state index contributed by atoms with van der Waals surface area (Å²) >= 11 is 0. The van der Waals surface area contributed by atoms with Gasteiger partial charge in [0.15, 0.2) is 0 Å². The van der Waals surface area contributed by atoms with Crippen molar-refractivity contribution >= 4 is 12.2 Å².